The molecule has 1 heterocycles. The van der Waals surface area contributed by atoms with Gasteiger partial charge in [0.05, 0.1) is 5.69 Å². The summed E-state index contributed by atoms with van der Waals surface area (Å²) in [5, 5.41) is 6.78. The maximum Gasteiger partial charge on any atom is 0.0670 e. The van der Waals surface area contributed by atoms with Crippen LogP contribution in [-0.4, -0.2) is 10.2 Å². The molecule has 0 saturated heterocycles. The number of benzene rings is 1. The molecule has 0 spiro atoms. The van der Waals surface area contributed by atoms with Gasteiger partial charge in [-0.3, -0.25) is 5.10 Å². The Balaban J connectivity index is 2.59. The van der Waals surface area contributed by atoms with E-state index < -0.39 is 0 Å². The van der Waals surface area contributed by atoms with Crippen molar-refractivity contribution >= 4 is 5.69 Å². The van der Waals surface area contributed by atoms with E-state index in [0.29, 0.717) is 0 Å². The zero-order chi connectivity index (χ0) is 9.26. The second-order valence-corrected chi connectivity index (χ2v) is 3.01. The number of rotatable bonds is 1. The number of nitrogens with zero attached hydrogens (tertiary/aromatic N) is 1. The third-order valence-corrected chi connectivity index (χ3v) is 2.12. The van der Waals surface area contributed by atoms with Crippen molar-refractivity contribution in [2.24, 2.45) is 0 Å². The Morgan fingerprint density at radius 1 is 1.31 bits per heavy atom. The highest BCUT2D eigenvalue weighted by atomic mass is 15.1. The number of aryl methyl sites for hydroxylation is 1. The number of H-pyrrole nitrogens is 1. The maximum atomic E-state index is 5.93. The molecule has 3 nitrogen and oxygen atoms in total. The lowest BCUT2D eigenvalue weighted by Gasteiger charge is -2.05. The van der Waals surface area contributed by atoms with E-state index in [1.165, 1.54) is 0 Å². The standard InChI is InChI=1S/C10H11N3/c1-7-3-2-4-8(10(7)11)9-5-6-12-13-9/h2-6H,11H2,1H3,(H,12,13). The minimum atomic E-state index is 0.812. The second-order valence-electron chi connectivity index (χ2n) is 3.01. The highest BCUT2D eigenvalue weighted by Gasteiger charge is 2.04. The molecule has 0 aliphatic carbocycles. The van der Waals surface area contributed by atoms with E-state index in [-0.39, 0.29) is 0 Å². The predicted octanol–water partition coefficient (Wildman–Crippen LogP) is 1.97. The molecule has 1 aromatic carbocycles. The molecule has 2 aromatic rings. The summed E-state index contributed by atoms with van der Waals surface area (Å²) in [5.74, 6) is 0. The number of hydrogen-bond acceptors (Lipinski definition) is 2. The highest BCUT2D eigenvalue weighted by Crippen LogP contribution is 2.25. The smallest absolute Gasteiger partial charge is 0.0670 e. The molecule has 3 N–H and O–H groups in total. The fraction of sp³-hybridized carbons (Fsp3) is 0.100. The number of nitrogens with one attached hydrogen (secondary N) is 1. The third-order valence-electron chi connectivity index (χ3n) is 2.12. The lowest BCUT2D eigenvalue weighted by atomic mass is 10.1. The monoisotopic (exact) mass is 173 g/mol. The molecule has 13 heavy (non-hydrogen) atoms. The van der Waals surface area contributed by atoms with E-state index >= 15 is 0 Å². The van der Waals surface area contributed by atoms with E-state index in [1.807, 2.05) is 31.2 Å². The van der Waals surface area contributed by atoms with Crippen LogP contribution in [0.2, 0.25) is 0 Å². The third kappa shape index (κ3) is 1.28. The molecule has 0 atom stereocenters. The van der Waals surface area contributed by atoms with Crippen LogP contribution in [0.4, 0.5) is 5.69 Å². The van der Waals surface area contributed by atoms with Crippen LogP contribution in [0, 0.1) is 6.92 Å². The summed E-state index contributed by atoms with van der Waals surface area (Å²) in [4.78, 5) is 0. The number of aromatic amines is 1. The average molecular weight is 173 g/mol. The van der Waals surface area contributed by atoms with Gasteiger partial charge in [-0.05, 0) is 18.6 Å². The maximum absolute atomic E-state index is 5.93. The van der Waals surface area contributed by atoms with Crippen LogP contribution in [0.25, 0.3) is 11.3 Å². The summed E-state index contributed by atoms with van der Waals surface area (Å²) in [6.45, 7) is 2.00. The molecule has 1 aromatic heterocycles. The Kier molecular flexibility index (Phi) is 1.77. The Morgan fingerprint density at radius 3 is 2.85 bits per heavy atom. The van der Waals surface area contributed by atoms with E-state index in [0.717, 1.165) is 22.5 Å². The zero-order valence-corrected chi connectivity index (χ0v) is 7.41. The molecule has 2 rings (SSSR count). The topological polar surface area (TPSA) is 54.7 Å². The average Bonchev–Trinajstić information content (AvgIpc) is 2.62. The molecular formula is C10H11N3. The Hall–Kier alpha value is -1.77. The number of para-hydroxylation sites is 1. The highest BCUT2D eigenvalue weighted by molar-refractivity contribution is 5.75. The van der Waals surface area contributed by atoms with Gasteiger partial charge in [0.1, 0.15) is 0 Å². The van der Waals surface area contributed by atoms with Crippen LogP contribution in [0.3, 0.4) is 0 Å². The molecule has 0 aliphatic rings. The van der Waals surface area contributed by atoms with Crippen LogP contribution in [0.5, 0.6) is 0 Å². The predicted molar refractivity (Wildman–Crippen MR) is 53.2 cm³/mol. The minimum Gasteiger partial charge on any atom is -0.398 e. The number of nitrogen functional groups attached to an aromatic ring is 1. The van der Waals surface area contributed by atoms with Crippen molar-refractivity contribution in [2.45, 2.75) is 6.92 Å². The molecule has 0 unspecified atom stereocenters. The number of hydrogen-bond donors (Lipinski definition) is 2. The van der Waals surface area contributed by atoms with Crippen molar-refractivity contribution in [1.29, 1.82) is 0 Å². The van der Waals surface area contributed by atoms with Crippen LogP contribution in [0.15, 0.2) is 30.5 Å². The first-order valence-electron chi connectivity index (χ1n) is 4.14. The van der Waals surface area contributed by atoms with Crippen molar-refractivity contribution in [1.82, 2.24) is 10.2 Å². The van der Waals surface area contributed by atoms with Gasteiger partial charge in [0.15, 0.2) is 0 Å². The summed E-state index contributed by atoms with van der Waals surface area (Å²) in [6, 6.07) is 7.87. The van der Waals surface area contributed by atoms with Gasteiger partial charge in [0, 0.05) is 17.4 Å². The van der Waals surface area contributed by atoms with Crippen molar-refractivity contribution in [2.75, 3.05) is 5.73 Å². The quantitative estimate of drug-likeness (QED) is 0.648. The van der Waals surface area contributed by atoms with Crippen molar-refractivity contribution in [3.8, 4) is 11.3 Å². The summed E-state index contributed by atoms with van der Waals surface area (Å²) in [7, 11) is 0. The van der Waals surface area contributed by atoms with Crippen molar-refractivity contribution in [3.05, 3.63) is 36.0 Å². The molecule has 0 fully saturated rings. The molecule has 3 heteroatoms. The Morgan fingerprint density at radius 2 is 2.15 bits per heavy atom. The van der Waals surface area contributed by atoms with Gasteiger partial charge in [0.25, 0.3) is 0 Å². The van der Waals surface area contributed by atoms with Crippen molar-refractivity contribution < 1.29 is 0 Å². The van der Waals surface area contributed by atoms with Gasteiger partial charge in [-0.1, -0.05) is 18.2 Å². The first-order chi connectivity index (χ1) is 6.29. The van der Waals surface area contributed by atoms with Gasteiger partial charge in [-0.25, -0.2) is 0 Å². The van der Waals surface area contributed by atoms with Gasteiger partial charge in [0.2, 0.25) is 0 Å². The Bertz CT molecular complexity index is 404. The molecule has 0 bridgehead atoms. The van der Waals surface area contributed by atoms with Gasteiger partial charge in [-0.2, -0.15) is 5.10 Å². The summed E-state index contributed by atoms with van der Waals surface area (Å²) in [6.07, 6.45) is 1.72. The van der Waals surface area contributed by atoms with E-state index in [1.54, 1.807) is 6.20 Å². The van der Waals surface area contributed by atoms with Gasteiger partial charge < -0.3 is 5.73 Å². The number of anilines is 1. The van der Waals surface area contributed by atoms with Crippen LogP contribution in [-0.2, 0) is 0 Å². The zero-order valence-electron chi connectivity index (χ0n) is 7.41. The van der Waals surface area contributed by atoms with E-state index in [4.69, 9.17) is 5.73 Å². The van der Waals surface area contributed by atoms with Crippen LogP contribution in [0.1, 0.15) is 5.56 Å². The summed E-state index contributed by atoms with van der Waals surface area (Å²) < 4.78 is 0. The molecular weight excluding hydrogens is 162 g/mol. The van der Waals surface area contributed by atoms with Crippen LogP contribution >= 0.6 is 0 Å². The molecule has 0 saturated carbocycles. The fourth-order valence-corrected chi connectivity index (χ4v) is 1.32. The first kappa shape index (κ1) is 7.86. The molecule has 0 aliphatic heterocycles. The lowest BCUT2D eigenvalue weighted by molar-refractivity contribution is 1.10. The number of nitrogens with two attached hydrogens (primary N) is 1. The number of aromatic nitrogens is 2. The van der Waals surface area contributed by atoms with Gasteiger partial charge in [-0.15, -0.1) is 0 Å². The molecule has 0 amide bonds. The minimum absolute atomic E-state index is 0.812. The van der Waals surface area contributed by atoms with Gasteiger partial charge >= 0.3 is 0 Å². The van der Waals surface area contributed by atoms with Crippen LogP contribution < -0.4 is 5.73 Å². The first-order valence-corrected chi connectivity index (χ1v) is 4.14. The normalized spacial score (nSPS) is 10.2. The van der Waals surface area contributed by atoms with Crippen molar-refractivity contribution in [3.63, 3.8) is 0 Å². The molecule has 0 radical (unpaired) electrons. The van der Waals surface area contributed by atoms with E-state index in [2.05, 4.69) is 10.2 Å². The SMILES string of the molecule is Cc1cccc(-c2ccn[nH]2)c1N. The fourth-order valence-electron chi connectivity index (χ4n) is 1.32. The van der Waals surface area contributed by atoms with E-state index in [9.17, 15) is 0 Å². The second kappa shape index (κ2) is 2.94. The largest absolute Gasteiger partial charge is 0.398 e. The Labute approximate surface area is 76.6 Å². The summed E-state index contributed by atoms with van der Waals surface area (Å²) >= 11 is 0. The lowest BCUT2D eigenvalue weighted by Crippen LogP contribution is -1.93. The molecule has 66 valence electrons. The summed E-state index contributed by atoms with van der Waals surface area (Å²) in [5.41, 5.74) is 9.80.